The molecule has 1 saturated heterocycles. The second-order valence-electron chi connectivity index (χ2n) is 14.8. The highest BCUT2D eigenvalue weighted by atomic mass is 19.4. The highest BCUT2D eigenvalue weighted by Crippen LogP contribution is 2.66. The lowest BCUT2D eigenvalue weighted by atomic mass is 9.48. The molecule has 8 rings (SSSR count). The summed E-state index contributed by atoms with van der Waals surface area (Å²) in [5.74, 6) is 0.853. The van der Waals surface area contributed by atoms with Crippen LogP contribution in [0.5, 0.6) is 11.5 Å². The van der Waals surface area contributed by atoms with E-state index in [1.807, 2.05) is 29.2 Å². The predicted molar refractivity (Wildman–Crippen MR) is 180 cm³/mol. The minimum absolute atomic E-state index is 0.0488. The first-order valence-electron chi connectivity index (χ1n) is 17.8. The molecule has 2 aliphatic heterocycles. The molecule has 0 aromatic heterocycles. The number of aryl methyl sites for hydroxylation is 1. The van der Waals surface area contributed by atoms with Gasteiger partial charge in [-0.15, -0.1) is 0 Å². The third-order valence-corrected chi connectivity index (χ3v) is 12.0. The number of phenolic OH excluding ortho intramolecular Hbond substituents is 1. The molecule has 1 amide bonds. The summed E-state index contributed by atoms with van der Waals surface area (Å²) in [6, 6.07) is 18.3. The van der Waals surface area contributed by atoms with E-state index in [1.54, 1.807) is 12.1 Å². The van der Waals surface area contributed by atoms with Crippen molar-refractivity contribution in [2.24, 2.45) is 5.92 Å². The number of carbonyl (C=O) groups is 1. The fourth-order valence-corrected chi connectivity index (χ4v) is 9.55. The van der Waals surface area contributed by atoms with E-state index in [0.29, 0.717) is 49.5 Å². The van der Waals surface area contributed by atoms with Crippen molar-refractivity contribution in [1.29, 1.82) is 0 Å². The standard InChI is InChI=1S/C40H43F3N2O4/c41-40(42,43)30-11-6-10-27(23-30)14-17-34(47)45(21-5-4-9-26-7-2-1-3-8-26)31-18-19-39(48)33-24-29-15-16-32(46)36-35(29)38(39,37(31)49-36)20-22-44(33)25-28-12-13-28/h1-3,6-8,10-11,14-17,23,28,31,33,37,46,48H,4-5,9,12-13,18-22,24-25H2/b17-14+/t31?,33-,37?,38+,39-/m1/s1. The number of carbonyl (C=O) groups excluding carboxylic acids is 1. The molecule has 1 spiro atoms. The molecule has 0 radical (unpaired) electrons. The molecule has 5 aliphatic rings. The molecular weight excluding hydrogens is 629 g/mol. The Labute approximate surface area is 285 Å². The van der Waals surface area contributed by atoms with Crippen LogP contribution in [0.2, 0.25) is 0 Å². The van der Waals surface area contributed by atoms with Crippen molar-refractivity contribution in [3.8, 4) is 11.5 Å². The smallest absolute Gasteiger partial charge is 0.416 e. The first-order chi connectivity index (χ1) is 23.6. The maximum Gasteiger partial charge on any atom is 0.416 e. The predicted octanol–water partition coefficient (Wildman–Crippen LogP) is 6.91. The first kappa shape index (κ1) is 32.4. The van der Waals surface area contributed by atoms with Gasteiger partial charge in [0.05, 0.1) is 22.6 Å². The summed E-state index contributed by atoms with van der Waals surface area (Å²) in [7, 11) is 0. The molecule has 3 aromatic carbocycles. The Morgan fingerprint density at radius 1 is 1.02 bits per heavy atom. The van der Waals surface area contributed by atoms with Crippen molar-refractivity contribution >= 4 is 12.0 Å². The van der Waals surface area contributed by atoms with Gasteiger partial charge in [-0.2, -0.15) is 13.2 Å². The van der Waals surface area contributed by atoms with Crippen LogP contribution in [0.3, 0.4) is 0 Å². The normalized spacial score (nSPS) is 28.7. The van der Waals surface area contributed by atoms with Crippen LogP contribution in [0.25, 0.3) is 6.08 Å². The second-order valence-corrected chi connectivity index (χ2v) is 14.8. The summed E-state index contributed by atoms with van der Waals surface area (Å²) < 4.78 is 47.1. The second kappa shape index (κ2) is 12.2. The van der Waals surface area contributed by atoms with Gasteiger partial charge in [-0.3, -0.25) is 9.69 Å². The van der Waals surface area contributed by atoms with Gasteiger partial charge in [0.25, 0.3) is 0 Å². The lowest BCUT2D eigenvalue weighted by molar-refractivity contribution is -0.201. The quantitative estimate of drug-likeness (QED) is 0.181. The number of aliphatic hydroxyl groups is 1. The monoisotopic (exact) mass is 672 g/mol. The summed E-state index contributed by atoms with van der Waals surface area (Å²) in [6.07, 6.45) is 5.01. The summed E-state index contributed by atoms with van der Waals surface area (Å²) in [5.41, 5.74) is 0.882. The van der Waals surface area contributed by atoms with Crippen LogP contribution in [0.15, 0.2) is 72.8 Å². The van der Waals surface area contributed by atoms with Gasteiger partial charge in [0.1, 0.15) is 6.10 Å². The number of alkyl halides is 3. The Kier molecular flexibility index (Phi) is 8.06. The molecule has 2 N–H and O–H groups in total. The number of aromatic hydroxyl groups is 1. The number of piperidine rings is 1. The number of ether oxygens (including phenoxy) is 1. The zero-order valence-corrected chi connectivity index (χ0v) is 27.5. The Balaban J connectivity index is 1.12. The van der Waals surface area contributed by atoms with Crippen molar-refractivity contribution in [2.45, 2.75) is 93.2 Å². The number of hydrogen-bond acceptors (Lipinski definition) is 5. The SMILES string of the molecule is O=C(/C=C/c1cccc(C(F)(F)F)c1)N(CCCCc1ccccc1)C1CC[C@@]2(O)[C@H]3Cc4ccc(O)c5c4[C@@]2(CCN3CC2CC2)C1O5. The van der Waals surface area contributed by atoms with Crippen molar-refractivity contribution in [1.82, 2.24) is 9.80 Å². The van der Waals surface area contributed by atoms with Crippen LogP contribution in [0, 0.1) is 5.92 Å². The molecular formula is C40H43F3N2O4. The lowest BCUT2D eigenvalue weighted by Crippen LogP contribution is -2.78. The van der Waals surface area contributed by atoms with E-state index in [1.165, 1.54) is 36.6 Å². The Morgan fingerprint density at radius 2 is 1.84 bits per heavy atom. The maximum atomic E-state index is 14.2. The topological polar surface area (TPSA) is 73.2 Å². The van der Waals surface area contributed by atoms with Gasteiger partial charge in [-0.25, -0.2) is 0 Å². The molecule has 2 saturated carbocycles. The van der Waals surface area contributed by atoms with Crippen molar-refractivity contribution in [3.63, 3.8) is 0 Å². The molecule has 2 unspecified atom stereocenters. The van der Waals surface area contributed by atoms with Crippen LogP contribution in [-0.4, -0.2) is 69.3 Å². The highest BCUT2D eigenvalue weighted by Gasteiger charge is 2.73. The maximum absolute atomic E-state index is 14.2. The number of rotatable bonds is 10. The molecule has 3 aliphatic carbocycles. The molecule has 49 heavy (non-hydrogen) atoms. The van der Waals surface area contributed by atoms with Crippen LogP contribution in [0.4, 0.5) is 13.2 Å². The summed E-state index contributed by atoms with van der Waals surface area (Å²) >= 11 is 0. The Morgan fingerprint density at radius 3 is 2.61 bits per heavy atom. The zero-order chi connectivity index (χ0) is 34.0. The van der Waals surface area contributed by atoms with E-state index in [4.69, 9.17) is 4.74 Å². The largest absolute Gasteiger partial charge is 0.504 e. The molecule has 258 valence electrons. The average Bonchev–Trinajstić information content (AvgIpc) is 3.83. The van der Waals surface area contributed by atoms with Gasteiger partial charge in [0, 0.05) is 30.8 Å². The van der Waals surface area contributed by atoms with Crippen LogP contribution >= 0.6 is 0 Å². The van der Waals surface area contributed by atoms with Crippen molar-refractivity contribution in [2.75, 3.05) is 19.6 Å². The van der Waals surface area contributed by atoms with E-state index in [0.717, 1.165) is 55.6 Å². The van der Waals surface area contributed by atoms with Crippen LogP contribution in [-0.2, 0) is 29.2 Å². The van der Waals surface area contributed by atoms with Gasteiger partial charge in [0.2, 0.25) is 5.91 Å². The molecule has 2 bridgehead atoms. The first-order valence-corrected chi connectivity index (χ1v) is 17.8. The molecule has 3 fully saturated rings. The molecule has 2 heterocycles. The van der Waals surface area contributed by atoms with E-state index in [2.05, 4.69) is 17.0 Å². The molecule has 9 heteroatoms. The van der Waals surface area contributed by atoms with Crippen LogP contribution in [0.1, 0.15) is 72.8 Å². The van der Waals surface area contributed by atoms with E-state index >= 15 is 0 Å². The Bertz CT molecular complexity index is 1760. The minimum Gasteiger partial charge on any atom is -0.504 e. The lowest BCUT2D eigenvalue weighted by Gasteiger charge is -2.65. The number of nitrogens with zero attached hydrogens (tertiary/aromatic N) is 2. The van der Waals surface area contributed by atoms with E-state index in [9.17, 15) is 28.2 Å². The van der Waals surface area contributed by atoms with Crippen LogP contribution < -0.4 is 4.74 Å². The highest BCUT2D eigenvalue weighted by molar-refractivity contribution is 5.92. The number of hydrogen-bond donors (Lipinski definition) is 2. The number of benzene rings is 3. The third kappa shape index (κ3) is 5.53. The summed E-state index contributed by atoms with van der Waals surface area (Å²) in [4.78, 5) is 18.5. The Hall–Kier alpha value is -3.82. The number of unbranched alkanes of at least 4 members (excludes halogenated alkanes) is 1. The number of likely N-dealkylation sites (tertiary alicyclic amines) is 1. The number of halogens is 3. The molecule has 6 nitrogen and oxygen atoms in total. The minimum atomic E-state index is -4.48. The average molecular weight is 673 g/mol. The van der Waals surface area contributed by atoms with Crippen molar-refractivity contribution in [3.05, 3.63) is 101 Å². The van der Waals surface area contributed by atoms with Gasteiger partial charge in [-0.05, 0) is 111 Å². The molecule has 3 aromatic rings. The van der Waals surface area contributed by atoms with E-state index < -0.39 is 34.9 Å². The zero-order valence-electron chi connectivity index (χ0n) is 27.5. The fourth-order valence-electron chi connectivity index (χ4n) is 9.55. The third-order valence-electron chi connectivity index (χ3n) is 12.0. The summed E-state index contributed by atoms with van der Waals surface area (Å²) in [6.45, 7) is 2.22. The molecule has 5 atom stereocenters. The van der Waals surface area contributed by atoms with Gasteiger partial charge in [0.15, 0.2) is 11.5 Å². The van der Waals surface area contributed by atoms with Gasteiger partial charge in [-0.1, -0.05) is 48.5 Å². The van der Waals surface area contributed by atoms with Gasteiger partial charge < -0.3 is 19.8 Å². The fraction of sp³-hybridized carbons (Fsp3) is 0.475. The number of amides is 1. The van der Waals surface area contributed by atoms with Crippen molar-refractivity contribution < 1.29 is 32.9 Å². The van der Waals surface area contributed by atoms with E-state index in [-0.39, 0.29) is 17.7 Å². The van der Waals surface area contributed by atoms with Gasteiger partial charge >= 0.3 is 6.18 Å². The summed E-state index contributed by atoms with van der Waals surface area (Å²) in [5, 5.41) is 24.0. The number of phenols is 1.